The van der Waals surface area contributed by atoms with Gasteiger partial charge in [-0.05, 0) is 56.3 Å². The number of hydrogen-bond donors (Lipinski definition) is 1. The van der Waals surface area contributed by atoms with E-state index in [4.69, 9.17) is 5.73 Å². The molecule has 1 heteroatoms. The average Bonchev–Trinajstić information content (AvgIpc) is 2.88. The molecule has 0 amide bonds. The Morgan fingerprint density at radius 1 is 1.31 bits per heavy atom. The Labute approximate surface area is 82.1 Å². The lowest BCUT2D eigenvalue weighted by Gasteiger charge is -2.22. The zero-order valence-corrected chi connectivity index (χ0v) is 9.05. The Morgan fingerprint density at radius 2 is 1.92 bits per heavy atom. The van der Waals surface area contributed by atoms with Gasteiger partial charge in [-0.3, -0.25) is 0 Å². The van der Waals surface area contributed by atoms with Gasteiger partial charge in [-0.15, -0.1) is 0 Å². The highest BCUT2D eigenvalue weighted by molar-refractivity contribution is 4.99. The van der Waals surface area contributed by atoms with Gasteiger partial charge in [0, 0.05) is 5.54 Å². The molecule has 0 aromatic heterocycles. The zero-order chi connectivity index (χ0) is 9.47. The predicted molar refractivity (Wildman–Crippen MR) is 56.4 cm³/mol. The molecule has 2 fully saturated rings. The van der Waals surface area contributed by atoms with Crippen molar-refractivity contribution in [3.63, 3.8) is 0 Å². The summed E-state index contributed by atoms with van der Waals surface area (Å²) in [5.41, 5.74) is 6.40. The molecule has 2 aliphatic rings. The average molecular weight is 181 g/mol. The van der Waals surface area contributed by atoms with Crippen LogP contribution >= 0.6 is 0 Å². The summed E-state index contributed by atoms with van der Waals surface area (Å²) in [4.78, 5) is 0. The molecule has 0 bridgehead atoms. The molecule has 2 aliphatic carbocycles. The highest BCUT2D eigenvalue weighted by atomic mass is 14.8. The van der Waals surface area contributed by atoms with Crippen molar-refractivity contribution in [3.05, 3.63) is 0 Å². The second-order valence-electron chi connectivity index (χ2n) is 5.65. The minimum Gasteiger partial charge on any atom is -0.325 e. The molecule has 2 saturated carbocycles. The normalized spacial score (nSPS) is 27.7. The summed E-state index contributed by atoms with van der Waals surface area (Å²) < 4.78 is 0. The molecule has 0 aromatic carbocycles. The van der Waals surface area contributed by atoms with E-state index < -0.39 is 0 Å². The van der Waals surface area contributed by atoms with Crippen LogP contribution in [0.5, 0.6) is 0 Å². The number of hydrogen-bond acceptors (Lipinski definition) is 1. The first-order valence-electron chi connectivity index (χ1n) is 5.90. The quantitative estimate of drug-likeness (QED) is 0.693. The summed E-state index contributed by atoms with van der Waals surface area (Å²) in [6.07, 6.45) is 8.21. The minimum absolute atomic E-state index is 0.280. The third-order valence-corrected chi connectivity index (χ3v) is 3.95. The van der Waals surface area contributed by atoms with E-state index in [1.54, 1.807) is 0 Å². The monoisotopic (exact) mass is 181 g/mol. The summed E-state index contributed by atoms with van der Waals surface area (Å²) in [7, 11) is 0. The van der Waals surface area contributed by atoms with E-state index in [9.17, 15) is 0 Å². The summed E-state index contributed by atoms with van der Waals surface area (Å²) in [6, 6.07) is 0. The van der Waals surface area contributed by atoms with Gasteiger partial charge in [0.2, 0.25) is 0 Å². The van der Waals surface area contributed by atoms with Crippen LogP contribution in [-0.4, -0.2) is 5.54 Å². The van der Waals surface area contributed by atoms with E-state index in [1.807, 2.05) is 0 Å². The number of nitrogens with two attached hydrogens (primary N) is 1. The van der Waals surface area contributed by atoms with Gasteiger partial charge in [0.25, 0.3) is 0 Å². The Bertz CT molecular complexity index is 176. The molecular formula is C12H23N. The van der Waals surface area contributed by atoms with Crippen LogP contribution in [0.1, 0.15) is 52.4 Å². The van der Waals surface area contributed by atoms with E-state index in [0.717, 1.165) is 17.8 Å². The second-order valence-corrected chi connectivity index (χ2v) is 5.65. The smallest absolute Gasteiger partial charge is 0.0155 e. The molecule has 13 heavy (non-hydrogen) atoms. The van der Waals surface area contributed by atoms with Crippen molar-refractivity contribution in [2.75, 3.05) is 0 Å². The van der Waals surface area contributed by atoms with E-state index in [1.165, 1.54) is 38.5 Å². The number of rotatable bonds is 5. The molecule has 0 spiro atoms. The Kier molecular flexibility index (Phi) is 2.39. The third kappa shape index (κ3) is 2.46. The lowest BCUT2D eigenvalue weighted by Crippen LogP contribution is -2.24. The van der Waals surface area contributed by atoms with E-state index >= 15 is 0 Å². The highest BCUT2D eigenvalue weighted by Crippen LogP contribution is 2.46. The standard InChI is InChI=1S/C12H23N/c1-9(2)11(10-3-4-10)5-6-12(13)7-8-12/h9-11H,3-8,13H2,1-2H3. The molecule has 0 aliphatic heterocycles. The first kappa shape index (κ1) is 9.51. The second kappa shape index (κ2) is 3.27. The van der Waals surface area contributed by atoms with Crippen molar-refractivity contribution >= 4 is 0 Å². The van der Waals surface area contributed by atoms with Crippen molar-refractivity contribution < 1.29 is 0 Å². The summed E-state index contributed by atoms with van der Waals surface area (Å²) >= 11 is 0. The van der Waals surface area contributed by atoms with Crippen LogP contribution < -0.4 is 5.73 Å². The van der Waals surface area contributed by atoms with Crippen molar-refractivity contribution in [3.8, 4) is 0 Å². The topological polar surface area (TPSA) is 26.0 Å². The van der Waals surface area contributed by atoms with Crippen LogP contribution in [0.3, 0.4) is 0 Å². The highest BCUT2D eigenvalue weighted by Gasteiger charge is 2.40. The molecule has 0 heterocycles. The van der Waals surface area contributed by atoms with Crippen LogP contribution in [-0.2, 0) is 0 Å². The van der Waals surface area contributed by atoms with E-state index in [-0.39, 0.29) is 5.54 Å². The third-order valence-electron chi connectivity index (χ3n) is 3.95. The van der Waals surface area contributed by atoms with Gasteiger partial charge in [0.05, 0.1) is 0 Å². The first-order chi connectivity index (χ1) is 6.11. The van der Waals surface area contributed by atoms with Crippen molar-refractivity contribution in [2.45, 2.75) is 57.9 Å². The molecule has 2 rings (SSSR count). The molecule has 76 valence electrons. The van der Waals surface area contributed by atoms with Crippen LogP contribution in [0.25, 0.3) is 0 Å². The lowest BCUT2D eigenvalue weighted by molar-refractivity contribution is 0.298. The van der Waals surface area contributed by atoms with Crippen molar-refractivity contribution in [1.82, 2.24) is 0 Å². The van der Waals surface area contributed by atoms with Crippen molar-refractivity contribution in [2.24, 2.45) is 23.5 Å². The molecule has 1 atom stereocenters. The fourth-order valence-corrected chi connectivity index (χ4v) is 2.50. The SMILES string of the molecule is CC(C)C(CCC1(N)CC1)C1CC1. The summed E-state index contributed by atoms with van der Waals surface area (Å²) in [5.74, 6) is 2.90. The Balaban J connectivity index is 1.76. The lowest BCUT2D eigenvalue weighted by atomic mass is 9.85. The van der Waals surface area contributed by atoms with Gasteiger partial charge >= 0.3 is 0 Å². The van der Waals surface area contributed by atoms with Gasteiger partial charge in [-0.1, -0.05) is 13.8 Å². The van der Waals surface area contributed by atoms with Gasteiger partial charge in [-0.2, -0.15) is 0 Å². The fourth-order valence-electron chi connectivity index (χ4n) is 2.50. The molecule has 1 nitrogen and oxygen atoms in total. The van der Waals surface area contributed by atoms with Crippen LogP contribution in [0.15, 0.2) is 0 Å². The maximum absolute atomic E-state index is 6.12. The molecular weight excluding hydrogens is 158 g/mol. The van der Waals surface area contributed by atoms with E-state index in [0.29, 0.717) is 0 Å². The Morgan fingerprint density at radius 3 is 2.31 bits per heavy atom. The summed E-state index contributed by atoms with van der Waals surface area (Å²) in [6.45, 7) is 4.75. The molecule has 0 aromatic rings. The largest absolute Gasteiger partial charge is 0.325 e. The molecule has 0 saturated heterocycles. The Hall–Kier alpha value is -0.0400. The van der Waals surface area contributed by atoms with Gasteiger partial charge < -0.3 is 5.73 Å². The molecule has 2 N–H and O–H groups in total. The maximum atomic E-state index is 6.12. The molecule has 1 unspecified atom stereocenters. The zero-order valence-electron chi connectivity index (χ0n) is 9.05. The van der Waals surface area contributed by atoms with Gasteiger partial charge in [-0.25, -0.2) is 0 Å². The minimum atomic E-state index is 0.280. The van der Waals surface area contributed by atoms with E-state index in [2.05, 4.69) is 13.8 Å². The predicted octanol–water partition coefficient (Wildman–Crippen LogP) is 2.94. The van der Waals surface area contributed by atoms with Crippen LogP contribution in [0, 0.1) is 17.8 Å². The van der Waals surface area contributed by atoms with Crippen LogP contribution in [0.4, 0.5) is 0 Å². The van der Waals surface area contributed by atoms with Crippen LogP contribution in [0.2, 0.25) is 0 Å². The maximum Gasteiger partial charge on any atom is 0.0155 e. The summed E-state index contributed by atoms with van der Waals surface area (Å²) in [5, 5.41) is 0. The van der Waals surface area contributed by atoms with Gasteiger partial charge in [0.15, 0.2) is 0 Å². The molecule has 0 radical (unpaired) electrons. The van der Waals surface area contributed by atoms with Gasteiger partial charge in [0.1, 0.15) is 0 Å². The fraction of sp³-hybridized carbons (Fsp3) is 1.00. The van der Waals surface area contributed by atoms with Crippen molar-refractivity contribution in [1.29, 1.82) is 0 Å². The first-order valence-corrected chi connectivity index (χ1v) is 5.90.